The number of nitrogens with one attached hydrogen (secondary N) is 2. The van der Waals surface area contributed by atoms with E-state index in [1.54, 1.807) is 0 Å². The van der Waals surface area contributed by atoms with Crippen molar-refractivity contribution < 1.29 is 0 Å². The zero-order valence-corrected chi connectivity index (χ0v) is 29.0. The minimum Gasteiger partial charge on any atom is -0.317 e. The average Bonchev–Trinajstić information content (AvgIpc) is 3.24. The maximum Gasteiger partial charge on any atom is 0.0338 e. The number of unbranched alkanes of at least 4 members (excludes halogenated alkanes) is 1. The summed E-state index contributed by atoms with van der Waals surface area (Å²) in [6.45, 7) is 34.9. The highest BCUT2D eigenvalue weighted by molar-refractivity contribution is 6.20. The van der Waals surface area contributed by atoms with Crippen LogP contribution < -0.4 is 10.6 Å². The maximum absolute atomic E-state index is 5.81. The van der Waals surface area contributed by atoms with Gasteiger partial charge in [0.25, 0.3) is 0 Å². The van der Waals surface area contributed by atoms with E-state index in [0.717, 1.165) is 30.8 Å². The third-order valence-corrected chi connectivity index (χ3v) is 5.69. The van der Waals surface area contributed by atoms with Gasteiger partial charge in [0.1, 0.15) is 0 Å². The van der Waals surface area contributed by atoms with Crippen LogP contribution in [0.15, 0.2) is 0 Å². The molecule has 1 fully saturated rings. The molecule has 3 heteroatoms. The zero-order valence-electron chi connectivity index (χ0n) is 28.3. The van der Waals surface area contributed by atoms with Crippen LogP contribution in [0.1, 0.15) is 149 Å². The predicted molar refractivity (Wildman–Crippen MR) is 176 cm³/mol. The molecule has 1 aliphatic rings. The number of alkyl halides is 1. The molecule has 0 spiro atoms. The Morgan fingerprint density at radius 3 is 1.39 bits per heavy atom. The molecule has 0 heterocycles. The van der Waals surface area contributed by atoms with E-state index in [-0.39, 0.29) is 0 Å². The maximum atomic E-state index is 5.81. The third kappa shape index (κ3) is 64.2. The lowest BCUT2D eigenvalue weighted by molar-refractivity contribution is 0.366. The number of halogens is 1. The van der Waals surface area contributed by atoms with Crippen molar-refractivity contribution in [3.05, 3.63) is 0 Å². The van der Waals surface area contributed by atoms with Crippen molar-refractivity contribution in [2.75, 3.05) is 20.1 Å². The molecule has 0 aromatic carbocycles. The molecule has 0 saturated heterocycles. The SMILES string of the molecule is C#C.CC.CC(C)(C)C.CC1CCC(Cl)C1.CCC(C)C.CCCC.CCNCC(CC)C(C)NC. The van der Waals surface area contributed by atoms with Crippen molar-refractivity contribution in [2.24, 2.45) is 23.2 Å². The molecule has 2 nitrogen and oxygen atoms in total. The summed E-state index contributed by atoms with van der Waals surface area (Å²) in [6, 6.07) is 0.624. The summed E-state index contributed by atoms with van der Waals surface area (Å²) in [4.78, 5) is 0. The number of rotatable bonds is 8. The Hall–Kier alpha value is -0.230. The first kappa shape index (κ1) is 48.8. The fourth-order valence-corrected chi connectivity index (χ4v) is 2.81. The van der Waals surface area contributed by atoms with Crippen molar-refractivity contribution in [1.29, 1.82) is 0 Å². The molecule has 1 saturated carbocycles. The van der Waals surface area contributed by atoms with E-state index >= 15 is 0 Å². The van der Waals surface area contributed by atoms with E-state index in [2.05, 4.69) is 113 Å². The molecule has 0 aliphatic heterocycles. The van der Waals surface area contributed by atoms with E-state index in [9.17, 15) is 0 Å². The largest absolute Gasteiger partial charge is 0.317 e. The van der Waals surface area contributed by atoms with Crippen molar-refractivity contribution in [1.82, 2.24) is 10.6 Å². The summed E-state index contributed by atoms with van der Waals surface area (Å²) in [5.41, 5.74) is 0.500. The Labute approximate surface area is 238 Å². The lowest BCUT2D eigenvalue weighted by Crippen LogP contribution is -2.36. The van der Waals surface area contributed by atoms with Gasteiger partial charge in [0, 0.05) is 11.4 Å². The van der Waals surface area contributed by atoms with Crippen LogP contribution in [0.25, 0.3) is 0 Å². The van der Waals surface area contributed by atoms with Gasteiger partial charge in [-0.2, -0.15) is 0 Å². The Morgan fingerprint density at radius 1 is 0.861 bits per heavy atom. The zero-order chi connectivity index (χ0) is 30.2. The topological polar surface area (TPSA) is 24.1 Å². The normalized spacial score (nSPS) is 17.2. The van der Waals surface area contributed by atoms with Crippen molar-refractivity contribution in [2.45, 2.75) is 160 Å². The highest BCUT2D eigenvalue weighted by Gasteiger charge is 2.17. The minimum atomic E-state index is 0.495. The van der Waals surface area contributed by atoms with Crippen LogP contribution in [0, 0.1) is 36.0 Å². The Morgan fingerprint density at radius 2 is 1.25 bits per heavy atom. The van der Waals surface area contributed by atoms with E-state index < -0.39 is 0 Å². The molecule has 4 atom stereocenters. The standard InChI is InChI=1S/C9H22N2.C6H11Cl.2C5H12.C4H10.C2H6.C2H2/c1-5-9(7-11-6-2)8(3)10-4;1-5-2-3-6(7)4-5;1-5(2,3)4;1-4-5(2)3;1-3-4-2;2*1-2/h8-11H,5-7H2,1-4H3;5-6H,2-4H2,1H3;1-4H3;5H,4H2,1-3H3;3-4H2,1-2H3;1-2H3;1-2H. The van der Waals surface area contributed by atoms with E-state index in [4.69, 9.17) is 11.6 Å². The van der Waals surface area contributed by atoms with Crippen LogP contribution in [0.4, 0.5) is 0 Å². The fourth-order valence-electron chi connectivity index (χ4n) is 2.38. The van der Waals surface area contributed by atoms with Gasteiger partial charge >= 0.3 is 0 Å². The molecule has 4 unspecified atom stereocenters. The molecular weight excluding hydrogens is 460 g/mol. The Bertz CT molecular complexity index is 344. The number of hydrogen-bond acceptors (Lipinski definition) is 2. The van der Waals surface area contributed by atoms with Crippen molar-refractivity contribution in [3.63, 3.8) is 0 Å². The monoisotopic (exact) mass is 535 g/mol. The molecule has 0 aromatic rings. The molecular formula is C33H75ClN2. The molecule has 0 bridgehead atoms. The second-order valence-electron chi connectivity index (χ2n) is 11.4. The van der Waals surface area contributed by atoms with Crippen LogP contribution >= 0.6 is 11.6 Å². The first-order valence-corrected chi connectivity index (χ1v) is 15.5. The van der Waals surface area contributed by atoms with Gasteiger partial charge in [0.05, 0.1) is 0 Å². The van der Waals surface area contributed by atoms with E-state index in [1.807, 2.05) is 20.9 Å². The smallest absolute Gasteiger partial charge is 0.0338 e. The van der Waals surface area contributed by atoms with Gasteiger partial charge in [-0.1, -0.05) is 123 Å². The van der Waals surface area contributed by atoms with Gasteiger partial charge in [0.2, 0.25) is 0 Å². The molecule has 2 N–H and O–H groups in total. The highest BCUT2D eigenvalue weighted by atomic mass is 35.5. The second kappa shape index (κ2) is 39.3. The number of hydrogen-bond donors (Lipinski definition) is 2. The number of terminal acetylenes is 1. The molecule has 1 aliphatic carbocycles. The summed E-state index contributed by atoms with van der Waals surface area (Å²) in [6.07, 6.45) is 17.0. The average molecular weight is 535 g/mol. The molecule has 36 heavy (non-hydrogen) atoms. The van der Waals surface area contributed by atoms with Crippen LogP contribution in [0.5, 0.6) is 0 Å². The van der Waals surface area contributed by atoms with Crippen LogP contribution in [-0.4, -0.2) is 31.6 Å². The first-order valence-electron chi connectivity index (χ1n) is 15.1. The third-order valence-electron chi connectivity index (χ3n) is 5.29. The van der Waals surface area contributed by atoms with Crippen LogP contribution in [0.3, 0.4) is 0 Å². The van der Waals surface area contributed by atoms with Crippen LogP contribution in [-0.2, 0) is 0 Å². The van der Waals surface area contributed by atoms with E-state index in [0.29, 0.717) is 16.8 Å². The Balaban J connectivity index is -0.0000000789. The predicted octanol–water partition coefficient (Wildman–Crippen LogP) is 10.8. The quantitative estimate of drug-likeness (QED) is 0.239. The molecule has 0 aromatic heterocycles. The summed E-state index contributed by atoms with van der Waals surface area (Å²) < 4.78 is 0. The molecule has 0 radical (unpaired) electrons. The Kier molecular flexibility index (Phi) is 53.2. The van der Waals surface area contributed by atoms with Gasteiger partial charge in [0.15, 0.2) is 0 Å². The summed E-state index contributed by atoms with van der Waals surface area (Å²) in [5, 5.41) is 7.15. The fraction of sp³-hybridized carbons (Fsp3) is 0.939. The second-order valence-corrected chi connectivity index (χ2v) is 12.0. The van der Waals surface area contributed by atoms with Crippen LogP contribution in [0.2, 0.25) is 0 Å². The molecule has 224 valence electrons. The van der Waals surface area contributed by atoms with Gasteiger partial charge in [-0.25, -0.2) is 0 Å². The van der Waals surface area contributed by atoms with E-state index in [1.165, 1.54) is 44.9 Å². The minimum absolute atomic E-state index is 0.495. The van der Waals surface area contributed by atoms with Gasteiger partial charge in [-0.3, -0.25) is 0 Å². The van der Waals surface area contributed by atoms with Crippen molar-refractivity contribution >= 4 is 11.6 Å². The summed E-state index contributed by atoms with van der Waals surface area (Å²) >= 11 is 5.81. The highest BCUT2D eigenvalue weighted by Crippen LogP contribution is 2.28. The van der Waals surface area contributed by atoms with Gasteiger partial charge in [-0.15, -0.1) is 24.4 Å². The molecule has 0 amide bonds. The van der Waals surface area contributed by atoms with Crippen molar-refractivity contribution in [3.8, 4) is 12.8 Å². The lowest BCUT2D eigenvalue weighted by Gasteiger charge is -2.22. The van der Waals surface area contributed by atoms with Gasteiger partial charge in [-0.05, 0) is 69.5 Å². The first-order chi connectivity index (χ1) is 16.7. The lowest BCUT2D eigenvalue weighted by atomic mass is 9.98. The molecule has 1 rings (SSSR count). The summed E-state index contributed by atoms with van der Waals surface area (Å²) in [5.74, 6) is 2.54. The summed E-state index contributed by atoms with van der Waals surface area (Å²) in [7, 11) is 2.03. The van der Waals surface area contributed by atoms with Gasteiger partial charge < -0.3 is 10.6 Å².